The number of aliphatic imine (C=N–C) groups is 1. The summed E-state index contributed by atoms with van der Waals surface area (Å²) in [5.74, 6) is 2.90. The number of likely N-dealkylation sites (tertiary alicyclic amines) is 1. The summed E-state index contributed by atoms with van der Waals surface area (Å²) in [4.78, 5) is 54.8. The maximum atomic E-state index is 12.7. The van der Waals surface area contributed by atoms with E-state index >= 15 is 0 Å². The molecule has 13 heteroatoms. The number of nitrogens with two attached hydrogens (primary N) is 1. The normalized spacial score (nSPS) is 24.5. The molecule has 1 aromatic heterocycles. The number of hydrogen-bond acceptors (Lipinski definition) is 8. The number of rotatable bonds is 9. The van der Waals surface area contributed by atoms with Gasteiger partial charge in [-0.25, -0.2) is 24.4 Å². The zero-order valence-electron chi connectivity index (χ0n) is 29.3. The summed E-state index contributed by atoms with van der Waals surface area (Å²) < 4.78 is 13.3. The molecule has 1 aromatic rings. The van der Waals surface area contributed by atoms with Gasteiger partial charge < -0.3 is 30.3 Å². The second-order valence-electron chi connectivity index (χ2n) is 14.8. The van der Waals surface area contributed by atoms with E-state index in [1.165, 1.54) is 0 Å². The Kier molecular flexibility index (Phi) is 12.2. The lowest BCUT2D eigenvalue weighted by atomic mass is 9.84. The Labute approximate surface area is 279 Å². The summed E-state index contributed by atoms with van der Waals surface area (Å²) >= 11 is 0. The van der Waals surface area contributed by atoms with Crippen LogP contribution >= 0.6 is 0 Å². The number of amidine groups is 1. The van der Waals surface area contributed by atoms with Gasteiger partial charge in [0.2, 0.25) is 5.95 Å². The molecule has 0 saturated carbocycles. The Hall–Kier alpha value is -3.77. The van der Waals surface area contributed by atoms with Crippen molar-refractivity contribution in [2.24, 2.45) is 40.3 Å². The first-order valence-electron chi connectivity index (χ1n) is 17.1. The molecule has 0 bridgehead atoms. The Morgan fingerprint density at radius 3 is 2.45 bits per heavy atom. The minimum atomic E-state index is -0.618. The molecular weight excluding hydrogens is 600 g/mol. The number of amides is 4. The molecule has 0 aromatic carbocycles. The summed E-state index contributed by atoms with van der Waals surface area (Å²) in [7, 11) is 0. The highest BCUT2D eigenvalue weighted by molar-refractivity contribution is 5.93. The van der Waals surface area contributed by atoms with Gasteiger partial charge >= 0.3 is 18.0 Å². The van der Waals surface area contributed by atoms with Gasteiger partial charge in [0, 0.05) is 38.5 Å². The quantitative estimate of drug-likeness (QED) is 0.227. The van der Waals surface area contributed by atoms with Crippen molar-refractivity contribution < 1.29 is 28.4 Å². The summed E-state index contributed by atoms with van der Waals surface area (Å²) in [5.41, 5.74) is 5.25. The predicted octanol–water partition coefficient (Wildman–Crippen LogP) is 4.10. The van der Waals surface area contributed by atoms with Crippen LogP contribution in [0.5, 0.6) is 5.75 Å². The van der Waals surface area contributed by atoms with E-state index < -0.39 is 11.7 Å². The van der Waals surface area contributed by atoms with Crippen molar-refractivity contribution in [2.75, 3.05) is 44.2 Å². The summed E-state index contributed by atoms with van der Waals surface area (Å²) in [6.45, 7) is 17.3. The van der Waals surface area contributed by atoms with Gasteiger partial charge in [0.1, 0.15) is 11.4 Å². The highest BCUT2D eigenvalue weighted by Gasteiger charge is 2.39. The molecule has 4 rings (SSSR count). The molecule has 4 amide bonds. The predicted molar refractivity (Wildman–Crippen MR) is 181 cm³/mol. The molecule has 0 spiro atoms. The highest BCUT2D eigenvalue weighted by atomic mass is 16.6. The zero-order valence-corrected chi connectivity index (χ0v) is 29.3. The number of aromatic nitrogens is 2. The molecule has 0 aliphatic carbocycles. The Balaban J connectivity index is 1.28. The Morgan fingerprint density at radius 2 is 1.83 bits per heavy atom. The van der Waals surface area contributed by atoms with Crippen LogP contribution in [-0.4, -0.2) is 100 Å². The van der Waals surface area contributed by atoms with Crippen LogP contribution in [0.3, 0.4) is 0 Å². The number of urea groups is 1. The number of carbonyl (C=O) groups is 3. The number of hydrogen-bond donors (Lipinski definition) is 2. The van der Waals surface area contributed by atoms with Crippen molar-refractivity contribution in [3.05, 3.63) is 12.4 Å². The third kappa shape index (κ3) is 10.6. The second kappa shape index (κ2) is 15.9. The van der Waals surface area contributed by atoms with Crippen molar-refractivity contribution in [2.45, 2.75) is 92.2 Å². The fourth-order valence-corrected chi connectivity index (χ4v) is 6.26. The third-order valence-electron chi connectivity index (χ3n) is 9.32. The monoisotopic (exact) mass is 655 g/mol. The average molecular weight is 656 g/mol. The molecule has 3 N–H and O–H groups in total. The van der Waals surface area contributed by atoms with Gasteiger partial charge in [0.25, 0.3) is 0 Å². The molecule has 4 heterocycles. The zero-order chi connectivity index (χ0) is 34.3. The lowest BCUT2D eigenvalue weighted by Crippen LogP contribution is -2.45. The molecule has 4 unspecified atom stereocenters. The van der Waals surface area contributed by atoms with Crippen LogP contribution in [-0.2, 0) is 9.53 Å². The highest BCUT2D eigenvalue weighted by Crippen LogP contribution is 2.28. The molecule has 3 aliphatic rings. The lowest BCUT2D eigenvalue weighted by Gasteiger charge is -2.34. The number of nitrogens with zero attached hydrogens (tertiary/aromatic N) is 6. The molecule has 4 atom stereocenters. The molecule has 13 nitrogen and oxygen atoms in total. The van der Waals surface area contributed by atoms with E-state index in [4.69, 9.17) is 15.2 Å². The van der Waals surface area contributed by atoms with Crippen LogP contribution in [0.1, 0.15) is 80.6 Å². The largest absolute Gasteiger partial charge is 0.490 e. The minimum Gasteiger partial charge on any atom is -0.490 e. The topological polar surface area (TPSA) is 155 Å². The molecule has 3 saturated heterocycles. The van der Waals surface area contributed by atoms with Gasteiger partial charge in [-0.15, -0.1) is 0 Å². The fraction of sp³-hybridized carbons (Fsp3) is 0.735. The van der Waals surface area contributed by atoms with Gasteiger partial charge in [-0.2, -0.15) is 9.57 Å². The smallest absolute Gasteiger partial charge is 0.407 e. The van der Waals surface area contributed by atoms with Crippen LogP contribution < -0.4 is 20.7 Å². The van der Waals surface area contributed by atoms with Crippen LogP contribution in [0, 0.1) is 29.6 Å². The third-order valence-corrected chi connectivity index (χ3v) is 9.32. The minimum absolute atomic E-state index is 0.0522. The number of alkyl carbamates (subject to hydrolysis) is 1. The van der Waals surface area contributed by atoms with Gasteiger partial charge in [-0.05, 0) is 57.8 Å². The first kappa shape index (κ1) is 36.1. The second-order valence-corrected chi connectivity index (χ2v) is 14.8. The SMILES string of the molecule is CC1CC[N+](=CC2CN(c3ncc(OCCC(C)C4CCN(C(=O)N=C(N)C(C)C)CC4)cn3)CC2NC(=O)OC(C)(C)C)C(=O)C1. The number of anilines is 1. The van der Waals surface area contributed by atoms with Gasteiger partial charge in [0.15, 0.2) is 18.5 Å². The van der Waals surface area contributed by atoms with Crippen LogP contribution in [0.15, 0.2) is 17.4 Å². The van der Waals surface area contributed by atoms with Gasteiger partial charge in [0.05, 0.1) is 37.4 Å². The number of nitrogens with one attached hydrogen (secondary N) is 1. The number of carbonyl (C=O) groups excluding carboxylic acids is 3. The Bertz CT molecular complexity index is 1300. The van der Waals surface area contributed by atoms with Crippen molar-refractivity contribution in [1.82, 2.24) is 20.2 Å². The van der Waals surface area contributed by atoms with Crippen molar-refractivity contribution in [1.29, 1.82) is 0 Å². The molecule has 3 aliphatic heterocycles. The molecule has 47 heavy (non-hydrogen) atoms. The van der Waals surface area contributed by atoms with Crippen LogP contribution in [0.4, 0.5) is 15.5 Å². The first-order chi connectivity index (χ1) is 22.2. The number of piperidine rings is 2. The van der Waals surface area contributed by atoms with Crippen LogP contribution in [0.2, 0.25) is 0 Å². The maximum Gasteiger partial charge on any atom is 0.407 e. The average Bonchev–Trinajstić information content (AvgIpc) is 3.39. The molecule has 260 valence electrons. The first-order valence-corrected chi connectivity index (χ1v) is 17.1. The molecule has 0 radical (unpaired) electrons. The molecular formula is C34H55N8O5+. The summed E-state index contributed by atoms with van der Waals surface area (Å²) in [5, 5.41) is 3.01. The van der Waals surface area contributed by atoms with E-state index in [0.29, 0.717) is 81.0 Å². The van der Waals surface area contributed by atoms with E-state index in [9.17, 15) is 14.4 Å². The van der Waals surface area contributed by atoms with E-state index in [-0.39, 0.29) is 29.8 Å². The fourth-order valence-electron chi connectivity index (χ4n) is 6.26. The van der Waals surface area contributed by atoms with E-state index in [2.05, 4.69) is 34.1 Å². The van der Waals surface area contributed by atoms with E-state index in [1.807, 2.05) is 45.7 Å². The van der Waals surface area contributed by atoms with E-state index in [1.54, 1.807) is 21.9 Å². The standard InChI is InChI=1S/C34H54N8O5/c1-22(2)30(35)39-32(44)40-13-9-25(10-14-40)24(4)11-15-46-27-17-36-31(37-18-27)42-20-26(19-41-12-8-23(3)16-29(41)43)28(21-42)38-33(45)47-34(5,6)7/h17-19,22-26,28H,8-16,20-21H2,1-7H3,(H2-,35,38,39,44,45)/p+1. The lowest BCUT2D eigenvalue weighted by molar-refractivity contribution is -0.457. The van der Waals surface area contributed by atoms with Gasteiger partial charge in [-0.3, -0.25) is 0 Å². The number of ether oxygens (including phenoxy) is 2. The summed E-state index contributed by atoms with van der Waals surface area (Å²) in [6, 6.07) is -0.507. The van der Waals surface area contributed by atoms with Gasteiger partial charge in [-0.1, -0.05) is 27.7 Å². The molecule has 3 fully saturated rings. The van der Waals surface area contributed by atoms with Crippen molar-refractivity contribution in [3.8, 4) is 5.75 Å². The van der Waals surface area contributed by atoms with Crippen molar-refractivity contribution in [3.63, 3.8) is 0 Å². The maximum absolute atomic E-state index is 12.7. The summed E-state index contributed by atoms with van der Waals surface area (Å²) in [6.07, 6.45) is 9.09. The Morgan fingerprint density at radius 1 is 1.15 bits per heavy atom. The van der Waals surface area contributed by atoms with Crippen LogP contribution in [0.25, 0.3) is 0 Å². The van der Waals surface area contributed by atoms with Crippen molar-refractivity contribution >= 4 is 36.0 Å². The van der Waals surface area contributed by atoms with E-state index in [0.717, 1.165) is 25.7 Å².